The lowest BCUT2D eigenvalue weighted by atomic mass is 10.0. The summed E-state index contributed by atoms with van der Waals surface area (Å²) >= 11 is 0. The summed E-state index contributed by atoms with van der Waals surface area (Å²) in [5.74, 6) is 0.631. The highest BCUT2D eigenvalue weighted by atomic mass is 19.4. The Morgan fingerprint density at radius 2 is 2.00 bits per heavy atom. The van der Waals surface area contributed by atoms with E-state index in [1.54, 1.807) is 0 Å². The van der Waals surface area contributed by atoms with Crippen LogP contribution in [0.1, 0.15) is 31.7 Å². The highest BCUT2D eigenvalue weighted by Gasteiger charge is 2.31. The smallest absolute Gasteiger partial charge is 0.357 e. The maximum absolute atomic E-state index is 12.5. The van der Waals surface area contributed by atoms with Crippen LogP contribution in [0.25, 0.3) is 0 Å². The van der Waals surface area contributed by atoms with Crippen molar-refractivity contribution in [3.8, 4) is 0 Å². The van der Waals surface area contributed by atoms with E-state index in [1.807, 2.05) is 4.90 Å². The second-order valence-electron chi connectivity index (χ2n) is 5.12. The Hall–Kier alpha value is -1.30. The van der Waals surface area contributed by atoms with Gasteiger partial charge in [-0.3, -0.25) is 0 Å². The Balaban J connectivity index is 1.90. The number of hydrogen-bond donors (Lipinski definition) is 1. The van der Waals surface area contributed by atoms with E-state index in [9.17, 15) is 13.2 Å². The molecule has 1 aliphatic heterocycles. The number of piperidine rings is 1. The number of anilines is 1. The number of alkyl halides is 3. The number of rotatable bonds is 4. The van der Waals surface area contributed by atoms with Crippen LogP contribution in [-0.4, -0.2) is 30.7 Å². The first-order chi connectivity index (χ1) is 9.50. The topological polar surface area (TPSA) is 28.2 Å². The zero-order chi connectivity index (χ0) is 14.6. The number of hydrogen-bond acceptors (Lipinski definition) is 3. The average molecular weight is 287 g/mol. The normalized spacial score (nSPS) is 17.5. The van der Waals surface area contributed by atoms with Gasteiger partial charge in [-0.2, -0.15) is 13.2 Å². The fraction of sp³-hybridized carbons (Fsp3) is 0.643. The molecule has 0 aromatic carbocycles. The first kappa shape index (κ1) is 15.1. The van der Waals surface area contributed by atoms with Crippen LogP contribution in [0.2, 0.25) is 0 Å². The minimum Gasteiger partial charge on any atom is -0.357 e. The minimum absolute atomic E-state index is 0.514. The van der Waals surface area contributed by atoms with Crippen molar-refractivity contribution in [1.29, 1.82) is 0 Å². The van der Waals surface area contributed by atoms with E-state index < -0.39 is 11.7 Å². The van der Waals surface area contributed by atoms with E-state index in [-0.39, 0.29) is 0 Å². The molecule has 1 fully saturated rings. The molecule has 0 radical (unpaired) electrons. The summed E-state index contributed by atoms with van der Waals surface area (Å²) in [6.45, 7) is 4.82. The van der Waals surface area contributed by atoms with Gasteiger partial charge in [0, 0.05) is 25.3 Å². The summed E-state index contributed by atoms with van der Waals surface area (Å²) in [6, 6.07) is 3.08. The molecule has 6 heteroatoms. The zero-order valence-corrected chi connectivity index (χ0v) is 11.6. The number of nitrogens with zero attached hydrogens (tertiary/aromatic N) is 2. The molecule has 1 saturated heterocycles. The first-order valence-electron chi connectivity index (χ1n) is 7.02. The molecule has 1 N–H and O–H groups in total. The van der Waals surface area contributed by atoms with Crippen LogP contribution in [-0.2, 0) is 6.18 Å². The van der Waals surface area contributed by atoms with Gasteiger partial charge in [-0.15, -0.1) is 0 Å². The molecule has 3 nitrogen and oxygen atoms in total. The summed E-state index contributed by atoms with van der Waals surface area (Å²) in [4.78, 5) is 5.99. The third-order valence-corrected chi connectivity index (χ3v) is 3.58. The molecule has 2 heterocycles. The molecular formula is C14H20F3N3. The van der Waals surface area contributed by atoms with Crippen molar-refractivity contribution in [3.63, 3.8) is 0 Å². The standard InChI is InChI=1S/C14H20F3N3/c1-2-7-18-12-5-8-20(9-6-12)13-4-3-11(10-19-13)14(15,16)17/h3-4,10,12,18H,2,5-9H2,1H3. The average Bonchev–Trinajstić information content (AvgIpc) is 2.45. The van der Waals surface area contributed by atoms with Gasteiger partial charge in [-0.25, -0.2) is 4.98 Å². The Morgan fingerprint density at radius 1 is 1.30 bits per heavy atom. The highest BCUT2D eigenvalue weighted by molar-refractivity contribution is 5.40. The molecule has 0 aliphatic carbocycles. The van der Waals surface area contributed by atoms with Gasteiger partial charge in [0.05, 0.1) is 5.56 Å². The molecule has 0 amide bonds. The van der Waals surface area contributed by atoms with Crippen LogP contribution < -0.4 is 10.2 Å². The fourth-order valence-corrected chi connectivity index (χ4v) is 2.40. The van der Waals surface area contributed by atoms with E-state index in [2.05, 4.69) is 17.2 Å². The van der Waals surface area contributed by atoms with Crippen LogP contribution in [0.4, 0.5) is 19.0 Å². The van der Waals surface area contributed by atoms with E-state index in [0.29, 0.717) is 11.9 Å². The zero-order valence-electron chi connectivity index (χ0n) is 11.6. The summed E-state index contributed by atoms with van der Waals surface area (Å²) in [6.07, 6.45) is -0.286. The third-order valence-electron chi connectivity index (χ3n) is 3.58. The monoisotopic (exact) mass is 287 g/mol. The molecule has 0 spiro atoms. The van der Waals surface area contributed by atoms with E-state index >= 15 is 0 Å². The molecule has 1 aliphatic rings. The minimum atomic E-state index is -4.32. The number of nitrogens with one attached hydrogen (secondary N) is 1. The van der Waals surface area contributed by atoms with Crippen molar-refractivity contribution in [2.45, 2.75) is 38.4 Å². The van der Waals surface area contributed by atoms with Crippen LogP contribution >= 0.6 is 0 Å². The summed E-state index contributed by atoms with van der Waals surface area (Å²) in [7, 11) is 0. The predicted octanol–water partition coefficient (Wildman–Crippen LogP) is 3.07. The maximum atomic E-state index is 12.5. The van der Waals surface area contributed by atoms with E-state index in [1.165, 1.54) is 6.07 Å². The molecule has 2 rings (SSSR count). The van der Waals surface area contributed by atoms with Gasteiger partial charge in [0.25, 0.3) is 0 Å². The Morgan fingerprint density at radius 3 is 2.50 bits per heavy atom. The van der Waals surface area contributed by atoms with Crippen LogP contribution in [0.15, 0.2) is 18.3 Å². The van der Waals surface area contributed by atoms with Crippen molar-refractivity contribution < 1.29 is 13.2 Å². The lowest BCUT2D eigenvalue weighted by molar-refractivity contribution is -0.137. The molecule has 0 atom stereocenters. The quantitative estimate of drug-likeness (QED) is 0.922. The lowest BCUT2D eigenvalue weighted by Crippen LogP contribution is -2.43. The maximum Gasteiger partial charge on any atom is 0.417 e. The molecule has 0 unspecified atom stereocenters. The summed E-state index contributed by atoms with van der Waals surface area (Å²) in [5, 5.41) is 3.48. The molecule has 1 aromatic rings. The molecule has 112 valence electrons. The second-order valence-corrected chi connectivity index (χ2v) is 5.12. The number of aromatic nitrogens is 1. The van der Waals surface area contributed by atoms with Gasteiger partial charge >= 0.3 is 6.18 Å². The van der Waals surface area contributed by atoms with Crippen molar-refractivity contribution in [3.05, 3.63) is 23.9 Å². The largest absolute Gasteiger partial charge is 0.417 e. The van der Waals surface area contributed by atoms with Gasteiger partial charge in [0.1, 0.15) is 5.82 Å². The second kappa shape index (κ2) is 6.43. The van der Waals surface area contributed by atoms with Gasteiger partial charge in [-0.1, -0.05) is 6.92 Å². The predicted molar refractivity (Wildman–Crippen MR) is 72.8 cm³/mol. The molecule has 20 heavy (non-hydrogen) atoms. The van der Waals surface area contributed by atoms with Gasteiger partial charge in [0.2, 0.25) is 0 Å². The van der Waals surface area contributed by atoms with Crippen LogP contribution in [0.5, 0.6) is 0 Å². The molecule has 1 aromatic heterocycles. The van der Waals surface area contributed by atoms with Crippen molar-refractivity contribution in [2.75, 3.05) is 24.5 Å². The van der Waals surface area contributed by atoms with Crippen LogP contribution in [0.3, 0.4) is 0 Å². The number of pyridine rings is 1. The van der Waals surface area contributed by atoms with Crippen molar-refractivity contribution in [2.24, 2.45) is 0 Å². The van der Waals surface area contributed by atoms with Crippen LogP contribution in [0, 0.1) is 0 Å². The van der Waals surface area contributed by atoms with Gasteiger partial charge in [0.15, 0.2) is 0 Å². The molecule has 0 saturated carbocycles. The SMILES string of the molecule is CCCNC1CCN(c2ccc(C(F)(F)F)cn2)CC1. The Labute approximate surface area is 117 Å². The first-order valence-corrected chi connectivity index (χ1v) is 7.02. The Bertz CT molecular complexity index is 409. The fourth-order valence-electron chi connectivity index (χ4n) is 2.40. The summed E-state index contributed by atoms with van der Waals surface area (Å²) < 4.78 is 37.4. The third kappa shape index (κ3) is 3.85. The Kier molecular flexibility index (Phi) is 4.86. The van der Waals surface area contributed by atoms with E-state index in [0.717, 1.165) is 51.2 Å². The van der Waals surface area contributed by atoms with Gasteiger partial charge < -0.3 is 10.2 Å². The molecular weight excluding hydrogens is 267 g/mol. The number of halogens is 3. The van der Waals surface area contributed by atoms with Crippen molar-refractivity contribution >= 4 is 5.82 Å². The van der Waals surface area contributed by atoms with Crippen molar-refractivity contribution in [1.82, 2.24) is 10.3 Å². The lowest BCUT2D eigenvalue weighted by Gasteiger charge is -2.33. The summed E-state index contributed by atoms with van der Waals surface area (Å²) in [5.41, 5.74) is -0.694. The van der Waals surface area contributed by atoms with Gasteiger partial charge in [-0.05, 0) is 37.9 Å². The molecule has 0 bridgehead atoms. The van der Waals surface area contributed by atoms with E-state index in [4.69, 9.17) is 0 Å². The highest BCUT2D eigenvalue weighted by Crippen LogP contribution is 2.29.